The number of aromatic nitrogens is 1. The van der Waals surface area contributed by atoms with Crippen LogP contribution in [0.2, 0.25) is 0 Å². The van der Waals surface area contributed by atoms with Crippen molar-refractivity contribution in [1.82, 2.24) is 5.16 Å². The zero-order valence-corrected chi connectivity index (χ0v) is 12.5. The van der Waals surface area contributed by atoms with Crippen LogP contribution in [-0.4, -0.2) is 23.6 Å². The van der Waals surface area contributed by atoms with E-state index in [1.54, 1.807) is 6.92 Å². The van der Waals surface area contributed by atoms with Gasteiger partial charge >= 0.3 is 5.97 Å². The smallest absolute Gasteiger partial charge is 0.341 e. The molecule has 3 aromatic rings. The largest absolute Gasteiger partial charge is 0.462 e. The van der Waals surface area contributed by atoms with Gasteiger partial charge in [-0.15, -0.1) is 11.3 Å². The summed E-state index contributed by atoms with van der Waals surface area (Å²) < 4.78 is 10.8. The minimum atomic E-state index is -0.465. The number of esters is 1. The molecule has 2 aromatic heterocycles. The van der Waals surface area contributed by atoms with Gasteiger partial charge in [-0.25, -0.2) is 4.79 Å². The van der Waals surface area contributed by atoms with E-state index in [0.29, 0.717) is 10.6 Å². The molecule has 0 spiro atoms. The van der Waals surface area contributed by atoms with E-state index in [1.807, 2.05) is 24.3 Å². The number of hydrogen-bond donors (Lipinski definition) is 1. The van der Waals surface area contributed by atoms with Gasteiger partial charge in [0.05, 0.1) is 12.8 Å². The van der Waals surface area contributed by atoms with Crippen molar-refractivity contribution in [1.29, 1.82) is 0 Å². The van der Waals surface area contributed by atoms with Gasteiger partial charge in [0.1, 0.15) is 10.6 Å². The highest BCUT2D eigenvalue weighted by Gasteiger charge is 2.22. The molecule has 0 radical (unpaired) electrons. The first-order valence-electron chi connectivity index (χ1n) is 6.61. The molecular weight excluding hydrogens is 304 g/mol. The Morgan fingerprint density at radius 3 is 2.86 bits per heavy atom. The zero-order valence-electron chi connectivity index (χ0n) is 11.7. The van der Waals surface area contributed by atoms with Crippen molar-refractivity contribution in [2.24, 2.45) is 0 Å². The predicted octanol–water partition coefficient (Wildman–Crippen LogP) is 3.32. The minimum absolute atomic E-state index is 0.0762. The molecule has 0 atom stereocenters. The lowest BCUT2D eigenvalue weighted by atomic mass is 10.1. The van der Waals surface area contributed by atoms with E-state index in [9.17, 15) is 9.59 Å². The van der Waals surface area contributed by atoms with Crippen LogP contribution in [0.1, 0.15) is 27.8 Å². The number of benzene rings is 1. The van der Waals surface area contributed by atoms with Crippen LogP contribution >= 0.6 is 11.3 Å². The Hall–Kier alpha value is -2.67. The number of thiophene rings is 1. The van der Waals surface area contributed by atoms with Crippen LogP contribution in [0.5, 0.6) is 0 Å². The lowest BCUT2D eigenvalue weighted by molar-refractivity contribution is 0.0530. The number of carbonyl (C=O) groups excluding carboxylic acids is 2. The number of ether oxygens (including phenoxy) is 1. The molecule has 1 N–H and O–H groups in total. The van der Waals surface area contributed by atoms with Gasteiger partial charge in [-0.2, -0.15) is 0 Å². The van der Waals surface area contributed by atoms with E-state index in [0.717, 1.165) is 10.1 Å². The van der Waals surface area contributed by atoms with Crippen LogP contribution in [0, 0.1) is 0 Å². The molecule has 7 heteroatoms. The average molecular weight is 316 g/mol. The highest BCUT2D eigenvalue weighted by Crippen LogP contribution is 2.36. The zero-order chi connectivity index (χ0) is 15.5. The van der Waals surface area contributed by atoms with Crippen LogP contribution < -0.4 is 5.32 Å². The Labute approximate surface area is 129 Å². The van der Waals surface area contributed by atoms with Crippen LogP contribution in [0.25, 0.3) is 10.1 Å². The average Bonchev–Trinajstić information content (AvgIpc) is 3.14. The summed E-state index contributed by atoms with van der Waals surface area (Å²) in [6.45, 7) is 2.00. The monoisotopic (exact) mass is 316 g/mol. The topological polar surface area (TPSA) is 81.4 Å². The molecule has 3 rings (SSSR count). The molecule has 2 heterocycles. The summed E-state index contributed by atoms with van der Waals surface area (Å²) in [7, 11) is 0. The number of nitrogens with zero attached hydrogens (tertiary/aromatic N) is 1. The fraction of sp³-hybridized carbons (Fsp3) is 0.133. The lowest BCUT2D eigenvalue weighted by Gasteiger charge is -2.05. The maximum absolute atomic E-state index is 12.2. The highest BCUT2D eigenvalue weighted by atomic mass is 32.1. The van der Waals surface area contributed by atoms with Crippen molar-refractivity contribution in [3.05, 3.63) is 47.9 Å². The molecular formula is C15H12N2O4S. The summed E-state index contributed by atoms with van der Waals surface area (Å²) in [5.74, 6) is -0.852. The molecule has 0 aliphatic carbocycles. The van der Waals surface area contributed by atoms with Crippen LogP contribution in [0.3, 0.4) is 0 Å². The molecule has 0 saturated carbocycles. The maximum atomic E-state index is 12.2. The Morgan fingerprint density at radius 2 is 2.14 bits per heavy atom. The minimum Gasteiger partial charge on any atom is -0.462 e. The molecule has 112 valence electrons. The standard InChI is InChI=1S/C15H12N2O4S/c1-2-20-15(19)12-9-5-3-4-6-11(9)22-14(12)17-13(18)10-7-8-16-21-10/h3-8H,2H2,1H3,(H,17,18). The van der Waals surface area contributed by atoms with Gasteiger partial charge in [-0.1, -0.05) is 23.4 Å². The van der Waals surface area contributed by atoms with Crippen molar-refractivity contribution >= 4 is 38.3 Å². The third-order valence-corrected chi connectivity index (χ3v) is 4.05. The quantitative estimate of drug-likeness (QED) is 0.747. The number of fused-ring (bicyclic) bond motifs is 1. The van der Waals surface area contributed by atoms with Crippen molar-refractivity contribution in [2.75, 3.05) is 11.9 Å². The van der Waals surface area contributed by atoms with Crippen molar-refractivity contribution in [3.63, 3.8) is 0 Å². The summed E-state index contributed by atoms with van der Waals surface area (Å²) in [6.07, 6.45) is 1.38. The van der Waals surface area contributed by atoms with Gasteiger partial charge in [0.15, 0.2) is 0 Å². The number of nitrogens with one attached hydrogen (secondary N) is 1. The summed E-state index contributed by atoms with van der Waals surface area (Å²) in [6, 6.07) is 8.86. The fourth-order valence-corrected chi connectivity index (χ4v) is 3.12. The van der Waals surface area contributed by atoms with Gasteiger partial charge in [-0.3, -0.25) is 4.79 Å². The number of carbonyl (C=O) groups is 2. The van der Waals surface area contributed by atoms with E-state index < -0.39 is 11.9 Å². The first-order chi connectivity index (χ1) is 10.7. The number of rotatable bonds is 4. The Morgan fingerprint density at radius 1 is 1.32 bits per heavy atom. The Kier molecular flexibility index (Phi) is 3.88. The summed E-state index contributed by atoms with van der Waals surface area (Å²) >= 11 is 1.31. The lowest BCUT2D eigenvalue weighted by Crippen LogP contribution is -2.13. The molecule has 0 aliphatic heterocycles. The molecule has 6 nitrogen and oxygen atoms in total. The van der Waals surface area contributed by atoms with Crippen molar-refractivity contribution < 1.29 is 18.8 Å². The van der Waals surface area contributed by atoms with Gasteiger partial charge in [0, 0.05) is 16.2 Å². The number of anilines is 1. The second kappa shape index (κ2) is 5.98. The number of amides is 1. The molecule has 0 bridgehead atoms. The molecule has 22 heavy (non-hydrogen) atoms. The molecule has 0 fully saturated rings. The maximum Gasteiger partial charge on any atom is 0.341 e. The number of hydrogen-bond acceptors (Lipinski definition) is 6. The predicted molar refractivity (Wildman–Crippen MR) is 82.2 cm³/mol. The third-order valence-electron chi connectivity index (χ3n) is 2.96. The van der Waals surface area contributed by atoms with Crippen molar-refractivity contribution in [2.45, 2.75) is 6.92 Å². The van der Waals surface area contributed by atoms with Crippen LogP contribution in [-0.2, 0) is 4.74 Å². The van der Waals surface area contributed by atoms with Crippen LogP contribution in [0.15, 0.2) is 41.1 Å². The summed E-state index contributed by atoms with van der Waals surface area (Å²) in [5, 5.41) is 7.36. The van der Waals surface area contributed by atoms with Crippen molar-refractivity contribution in [3.8, 4) is 0 Å². The highest BCUT2D eigenvalue weighted by molar-refractivity contribution is 7.23. The van der Waals surface area contributed by atoms with Gasteiger partial charge in [0.2, 0.25) is 5.76 Å². The third kappa shape index (κ3) is 2.58. The SMILES string of the molecule is CCOC(=O)c1c(NC(=O)c2ccno2)sc2ccccc12. The second-order valence-corrected chi connectivity index (χ2v) is 5.41. The first-order valence-corrected chi connectivity index (χ1v) is 7.43. The van der Waals surface area contributed by atoms with E-state index in [2.05, 4.69) is 10.5 Å². The first kappa shape index (κ1) is 14.3. The molecule has 0 unspecified atom stereocenters. The van der Waals surface area contributed by atoms with Crippen LogP contribution in [0.4, 0.5) is 5.00 Å². The Balaban J connectivity index is 2.02. The van der Waals surface area contributed by atoms with Gasteiger partial charge < -0.3 is 14.6 Å². The normalized spacial score (nSPS) is 10.6. The second-order valence-electron chi connectivity index (χ2n) is 4.35. The van der Waals surface area contributed by atoms with E-state index in [-0.39, 0.29) is 12.4 Å². The molecule has 1 amide bonds. The van der Waals surface area contributed by atoms with Gasteiger partial charge in [-0.05, 0) is 13.0 Å². The van der Waals surface area contributed by atoms with E-state index >= 15 is 0 Å². The summed E-state index contributed by atoms with van der Waals surface area (Å²) in [4.78, 5) is 24.3. The van der Waals surface area contributed by atoms with E-state index in [1.165, 1.54) is 23.6 Å². The molecule has 0 saturated heterocycles. The fourth-order valence-electron chi connectivity index (χ4n) is 2.04. The molecule has 0 aliphatic rings. The van der Waals surface area contributed by atoms with E-state index in [4.69, 9.17) is 9.26 Å². The Bertz CT molecular complexity index is 823. The summed E-state index contributed by atoms with van der Waals surface area (Å²) in [5.41, 5.74) is 0.357. The van der Waals surface area contributed by atoms with Gasteiger partial charge in [0.25, 0.3) is 5.91 Å². The molecule has 1 aromatic carbocycles.